The molecule has 0 atom stereocenters. The SMILES string of the molecule is CCc1ccc(CO)cc1S(=O)(=O)NCc1ccc(C)s1. The van der Waals surface area contributed by atoms with Gasteiger partial charge in [0, 0.05) is 16.3 Å². The summed E-state index contributed by atoms with van der Waals surface area (Å²) in [7, 11) is -3.58. The molecule has 0 fully saturated rings. The van der Waals surface area contributed by atoms with Gasteiger partial charge >= 0.3 is 0 Å². The highest BCUT2D eigenvalue weighted by atomic mass is 32.2. The van der Waals surface area contributed by atoms with Gasteiger partial charge in [-0.05, 0) is 42.7 Å². The number of hydrogen-bond donors (Lipinski definition) is 2. The van der Waals surface area contributed by atoms with Crippen molar-refractivity contribution in [2.45, 2.75) is 38.3 Å². The van der Waals surface area contributed by atoms with Crippen LogP contribution in [-0.2, 0) is 29.6 Å². The van der Waals surface area contributed by atoms with Crippen LogP contribution in [0.1, 0.15) is 27.8 Å². The van der Waals surface area contributed by atoms with E-state index in [-0.39, 0.29) is 18.0 Å². The quantitative estimate of drug-likeness (QED) is 0.858. The molecule has 4 nitrogen and oxygen atoms in total. The molecule has 1 heterocycles. The lowest BCUT2D eigenvalue weighted by molar-refractivity contribution is 0.281. The van der Waals surface area contributed by atoms with E-state index in [1.54, 1.807) is 29.5 Å². The molecule has 0 saturated carbocycles. The molecule has 0 radical (unpaired) electrons. The predicted molar refractivity (Wildman–Crippen MR) is 84.8 cm³/mol. The lowest BCUT2D eigenvalue weighted by Gasteiger charge is -2.11. The van der Waals surface area contributed by atoms with Gasteiger partial charge in [-0.1, -0.05) is 19.1 Å². The van der Waals surface area contributed by atoms with Crippen molar-refractivity contribution in [3.63, 3.8) is 0 Å². The van der Waals surface area contributed by atoms with Gasteiger partial charge in [-0.15, -0.1) is 11.3 Å². The number of aryl methyl sites for hydroxylation is 2. The Hall–Kier alpha value is -1.21. The molecule has 1 aromatic heterocycles. The highest BCUT2D eigenvalue weighted by Gasteiger charge is 2.18. The summed E-state index contributed by atoms with van der Waals surface area (Å²) >= 11 is 1.57. The van der Waals surface area contributed by atoms with E-state index in [0.717, 1.165) is 15.3 Å². The van der Waals surface area contributed by atoms with Gasteiger partial charge in [0.1, 0.15) is 0 Å². The summed E-state index contributed by atoms with van der Waals surface area (Å²) in [6.07, 6.45) is 0.625. The third-order valence-electron chi connectivity index (χ3n) is 3.22. The number of benzene rings is 1. The number of aliphatic hydroxyl groups excluding tert-OH is 1. The lowest BCUT2D eigenvalue weighted by atomic mass is 10.1. The monoisotopic (exact) mass is 325 g/mol. The first-order valence-corrected chi connectivity index (χ1v) is 9.04. The van der Waals surface area contributed by atoms with Crippen LogP contribution in [0.25, 0.3) is 0 Å². The molecule has 2 rings (SSSR count). The predicted octanol–water partition coefficient (Wildman–Crippen LogP) is 2.59. The number of hydrogen-bond acceptors (Lipinski definition) is 4. The van der Waals surface area contributed by atoms with Gasteiger partial charge < -0.3 is 5.11 Å². The van der Waals surface area contributed by atoms with Crippen LogP contribution in [0.3, 0.4) is 0 Å². The highest BCUT2D eigenvalue weighted by Crippen LogP contribution is 2.20. The molecular formula is C15H19NO3S2. The first kappa shape index (κ1) is 16.2. The standard InChI is InChI=1S/C15H19NO3S2/c1-3-13-6-5-12(10-17)8-15(13)21(18,19)16-9-14-7-4-11(2)20-14/h4-8,16-17H,3,9-10H2,1-2H3. The van der Waals surface area contributed by atoms with Crippen LogP contribution in [-0.4, -0.2) is 13.5 Å². The molecule has 0 amide bonds. The number of nitrogens with one attached hydrogen (secondary N) is 1. The Bertz CT molecular complexity index is 720. The molecule has 2 aromatic rings. The van der Waals surface area contributed by atoms with Crippen molar-refractivity contribution in [2.75, 3.05) is 0 Å². The lowest BCUT2D eigenvalue weighted by Crippen LogP contribution is -2.24. The summed E-state index contributed by atoms with van der Waals surface area (Å²) in [5.74, 6) is 0. The van der Waals surface area contributed by atoms with E-state index in [2.05, 4.69) is 4.72 Å². The molecule has 0 saturated heterocycles. The fourth-order valence-corrected chi connectivity index (χ4v) is 4.35. The van der Waals surface area contributed by atoms with E-state index >= 15 is 0 Å². The second kappa shape index (κ2) is 6.70. The van der Waals surface area contributed by atoms with Crippen molar-refractivity contribution < 1.29 is 13.5 Å². The Labute approximate surface area is 129 Å². The van der Waals surface area contributed by atoms with Crippen LogP contribution in [0.15, 0.2) is 35.2 Å². The van der Waals surface area contributed by atoms with Gasteiger partial charge in [-0.25, -0.2) is 13.1 Å². The molecule has 0 unspecified atom stereocenters. The second-order valence-electron chi connectivity index (χ2n) is 4.79. The largest absolute Gasteiger partial charge is 0.392 e. The van der Waals surface area contributed by atoms with Gasteiger partial charge in [-0.2, -0.15) is 0 Å². The summed E-state index contributed by atoms with van der Waals surface area (Å²) in [6, 6.07) is 8.95. The Balaban J connectivity index is 2.26. The van der Waals surface area contributed by atoms with Crippen LogP contribution in [0.5, 0.6) is 0 Å². The fraction of sp³-hybridized carbons (Fsp3) is 0.333. The van der Waals surface area contributed by atoms with Crippen LogP contribution in [0, 0.1) is 6.92 Å². The first-order chi connectivity index (χ1) is 9.96. The third-order valence-corrected chi connectivity index (χ3v) is 5.70. The Morgan fingerprint density at radius 3 is 2.57 bits per heavy atom. The first-order valence-electron chi connectivity index (χ1n) is 6.74. The Morgan fingerprint density at radius 2 is 2.00 bits per heavy atom. The Morgan fingerprint density at radius 1 is 1.24 bits per heavy atom. The van der Waals surface area contributed by atoms with E-state index in [1.165, 1.54) is 0 Å². The minimum absolute atomic E-state index is 0.170. The zero-order chi connectivity index (χ0) is 15.5. The van der Waals surface area contributed by atoms with Gasteiger partial charge in [0.2, 0.25) is 10.0 Å². The minimum Gasteiger partial charge on any atom is -0.392 e. The van der Waals surface area contributed by atoms with Crippen molar-refractivity contribution in [1.82, 2.24) is 4.72 Å². The molecule has 21 heavy (non-hydrogen) atoms. The molecule has 6 heteroatoms. The minimum atomic E-state index is -3.58. The molecule has 114 valence electrons. The zero-order valence-corrected chi connectivity index (χ0v) is 13.7. The number of rotatable bonds is 6. The van der Waals surface area contributed by atoms with Crippen molar-refractivity contribution in [2.24, 2.45) is 0 Å². The van der Waals surface area contributed by atoms with Crippen LogP contribution >= 0.6 is 11.3 Å². The maximum atomic E-state index is 12.5. The van der Waals surface area contributed by atoms with E-state index in [9.17, 15) is 13.5 Å². The smallest absolute Gasteiger partial charge is 0.241 e. The maximum absolute atomic E-state index is 12.5. The molecular weight excluding hydrogens is 306 g/mol. The normalized spacial score (nSPS) is 11.8. The van der Waals surface area contributed by atoms with Crippen LogP contribution in [0.4, 0.5) is 0 Å². The molecule has 0 spiro atoms. The molecule has 1 aromatic carbocycles. The Kier molecular flexibility index (Phi) is 5.16. The van der Waals surface area contributed by atoms with Gasteiger partial charge in [-0.3, -0.25) is 0 Å². The van der Waals surface area contributed by atoms with Crippen molar-refractivity contribution in [3.8, 4) is 0 Å². The average molecular weight is 325 g/mol. The number of thiophene rings is 1. The highest BCUT2D eigenvalue weighted by molar-refractivity contribution is 7.89. The molecule has 2 N–H and O–H groups in total. The molecule has 0 aliphatic heterocycles. The topological polar surface area (TPSA) is 66.4 Å². The van der Waals surface area contributed by atoms with Crippen molar-refractivity contribution in [1.29, 1.82) is 0 Å². The van der Waals surface area contributed by atoms with E-state index < -0.39 is 10.0 Å². The summed E-state index contributed by atoms with van der Waals surface area (Å²) in [6.45, 7) is 4.02. The average Bonchev–Trinajstić information content (AvgIpc) is 2.90. The van der Waals surface area contributed by atoms with Gasteiger partial charge in [0.25, 0.3) is 0 Å². The number of aliphatic hydroxyl groups is 1. The summed E-state index contributed by atoms with van der Waals surface area (Å²) in [4.78, 5) is 2.39. The van der Waals surface area contributed by atoms with E-state index in [1.807, 2.05) is 26.0 Å². The van der Waals surface area contributed by atoms with Crippen molar-refractivity contribution in [3.05, 3.63) is 51.2 Å². The summed E-state index contributed by atoms with van der Waals surface area (Å²) < 4.78 is 27.6. The van der Waals surface area contributed by atoms with Crippen LogP contribution < -0.4 is 4.72 Å². The van der Waals surface area contributed by atoms with Crippen LogP contribution in [0.2, 0.25) is 0 Å². The maximum Gasteiger partial charge on any atom is 0.241 e. The fourth-order valence-electron chi connectivity index (χ4n) is 2.06. The summed E-state index contributed by atoms with van der Waals surface area (Å²) in [5.41, 5.74) is 1.35. The molecule has 0 aliphatic carbocycles. The molecule has 0 aliphatic rings. The number of sulfonamides is 1. The third kappa shape index (κ3) is 3.91. The van der Waals surface area contributed by atoms with Crippen molar-refractivity contribution >= 4 is 21.4 Å². The zero-order valence-electron chi connectivity index (χ0n) is 12.1. The second-order valence-corrected chi connectivity index (χ2v) is 7.90. The molecule has 0 bridgehead atoms. The van der Waals surface area contributed by atoms with E-state index in [0.29, 0.717) is 12.0 Å². The van der Waals surface area contributed by atoms with Gasteiger partial charge in [0.15, 0.2) is 0 Å². The van der Waals surface area contributed by atoms with Gasteiger partial charge in [0.05, 0.1) is 11.5 Å². The summed E-state index contributed by atoms with van der Waals surface area (Å²) in [5, 5.41) is 9.19. The van der Waals surface area contributed by atoms with E-state index in [4.69, 9.17) is 0 Å².